The van der Waals surface area contributed by atoms with Crippen molar-refractivity contribution in [1.29, 1.82) is 0 Å². The molecule has 0 bridgehead atoms. The molecule has 5 heteroatoms. The van der Waals surface area contributed by atoms with Crippen molar-refractivity contribution >= 4 is 16.8 Å². The predicted molar refractivity (Wildman–Crippen MR) is 86.8 cm³/mol. The first kappa shape index (κ1) is 15.9. The Morgan fingerprint density at radius 2 is 2.17 bits per heavy atom. The Morgan fingerprint density at radius 1 is 1.43 bits per heavy atom. The fourth-order valence-corrected chi connectivity index (χ4v) is 3.12. The Balaban J connectivity index is 1.60. The number of hydrogen-bond acceptors (Lipinski definition) is 4. The van der Waals surface area contributed by atoms with Crippen molar-refractivity contribution in [2.24, 2.45) is 0 Å². The van der Waals surface area contributed by atoms with Crippen LogP contribution in [0.15, 0.2) is 34.9 Å². The van der Waals surface area contributed by atoms with Gasteiger partial charge in [-0.1, -0.05) is 11.7 Å². The van der Waals surface area contributed by atoms with Crippen LogP contribution in [0.2, 0.25) is 0 Å². The number of Topliss-reactive ketones (excluding diaryl/α,β-unsaturated/α-hetero) is 1. The molecule has 0 unspecified atom stereocenters. The Kier molecular flexibility index (Phi) is 4.57. The van der Waals surface area contributed by atoms with E-state index >= 15 is 0 Å². The Bertz CT molecular complexity index is 730. The summed E-state index contributed by atoms with van der Waals surface area (Å²) in [6.45, 7) is 8.17. The number of rotatable bonds is 5. The standard InChI is InChI=1S/C18H21FN2O2/c1-12(13(2)22)5-8-21-9-6-14(7-10-21)18-16-4-3-15(19)11-17(16)23-20-18/h3-4,11,14H,1,5-10H2,2H3. The molecule has 1 aromatic carbocycles. The molecule has 0 saturated carbocycles. The topological polar surface area (TPSA) is 46.3 Å². The van der Waals surface area contributed by atoms with Gasteiger partial charge < -0.3 is 9.42 Å². The Labute approximate surface area is 134 Å². The van der Waals surface area contributed by atoms with Crippen molar-refractivity contribution in [3.05, 3.63) is 41.9 Å². The first-order valence-corrected chi connectivity index (χ1v) is 8.00. The number of benzene rings is 1. The number of halogens is 1. The van der Waals surface area contributed by atoms with E-state index in [4.69, 9.17) is 4.52 Å². The lowest BCUT2D eigenvalue weighted by atomic mass is 9.91. The summed E-state index contributed by atoms with van der Waals surface area (Å²) in [7, 11) is 0. The van der Waals surface area contributed by atoms with E-state index < -0.39 is 0 Å². The maximum Gasteiger partial charge on any atom is 0.170 e. The van der Waals surface area contributed by atoms with Gasteiger partial charge in [0.15, 0.2) is 11.4 Å². The first-order chi connectivity index (χ1) is 11.0. The van der Waals surface area contributed by atoms with Crippen molar-refractivity contribution in [3.63, 3.8) is 0 Å². The minimum absolute atomic E-state index is 0.0705. The van der Waals surface area contributed by atoms with Crippen LogP contribution >= 0.6 is 0 Å². The molecule has 0 N–H and O–H groups in total. The quantitative estimate of drug-likeness (QED) is 0.789. The van der Waals surface area contributed by atoms with Crippen molar-refractivity contribution in [2.75, 3.05) is 19.6 Å². The number of ketones is 1. The molecule has 4 nitrogen and oxygen atoms in total. The molecular weight excluding hydrogens is 295 g/mol. The lowest BCUT2D eigenvalue weighted by molar-refractivity contribution is -0.113. The maximum absolute atomic E-state index is 13.2. The van der Waals surface area contributed by atoms with Crippen LogP contribution in [0.1, 0.15) is 37.8 Å². The van der Waals surface area contributed by atoms with Crippen LogP contribution < -0.4 is 0 Å². The Hall–Kier alpha value is -2.01. The molecule has 3 rings (SSSR count). The van der Waals surface area contributed by atoms with Crippen LogP contribution in [0.3, 0.4) is 0 Å². The van der Waals surface area contributed by atoms with E-state index in [9.17, 15) is 9.18 Å². The molecule has 0 radical (unpaired) electrons. The van der Waals surface area contributed by atoms with E-state index in [-0.39, 0.29) is 11.6 Å². The fraction of sp³-hybridized carbons (Fsp3) is 0.444. The van der Waals surface area contributed by atoms with Crippen LogP contribution in [0.5, 0.6) is 0 Å². The zero-order valence-corrected chi connectivity index (χ0v) is 13.3. The van der Waals surface area contributed by atoms with Crippen molar-refractivity contribution in [2.45, 2.75) is 32.1 Å². The number of aromatic nitrogens is 1. The van der Waals surface area contributed by atoms with Crippen molar-refractivity contribution in [3.8, 4) is 0 Å². The summed E-state index contributed by atoms with van der Waals surface area (Å²) in [5, 5.41) is 5.08. The van der Waals surface area contributed by atoms with Gasteiger partial charge in [0.2, 0.25) is 0 Å². The minimum atomic E-state index is -0.305. The van der Waals surface area contributed by atoms with Crippen LogP contribution in [0.25, 0.3) is 11.0 Å². The molecule has 1 saturated heterocycles. The van der Waals surface area contributed by atoms with Crippen LogP contribution in [-0.2, 0) is 4.79 Å². The second-order valence-electron chi connectivity index (χ2n) is 6.23. The van der Waals surface area contributed by atoms with Gasteiger partial charge in [0.1, 0.15) is 5.82 Å². The van der Waals surface area contributed by atoms with E-state index in [1.807, 2.05) is 0 Å². The average molecular weight is 316 g/mol. The second kappa shape index (κ2) is 6.62. The van der Waals surface area contributed by atoms with Gasteiger partial charge in [0.05, 0.1) is 5.69 Å². The molecule has 1 aliphatic rings. The lowest BCUT2D eigenvalue weighted by Crippen LogP contribution is -2.34. The van der Waals surface area contributed by atoms with Gasteiger partial charge in [0, 0.05) is 23.9 Å². The van der Waals surface area contributed by atoms with Gasteiger partial charge in [-0.2, -0.15) is 0 Å². The highest BCUT2D eigenvalue weighted by molar-refractivity contribution is 5.92. The molecule has 0 atom stereocenters. The number of hydrogen-bond donors (Lipinski definition) is 0. The summed E-state index contributed by atoms with van der Waals surface area (Å²) < 4.78 is 18.5. The molecule has 0 amide bonds. The molecule has 1 aliphatic heterocycles. The van der Waals surface area contributed by atoms with E-state index in [2.05, 4.69) is 16.6 Å². The van der Waals surface area contributed by atoms with E-state index in [1.54, 1.807) is 13.0 Å². The average Bonchev–Trinajstić information content (AvgIpc) is 2.95. The highest BCUT2D eigenvalue weighted by atomic mass is 19.1. The molecule has 122 valence electrons. The summed E-state index contributed by atoms with van der Waals surface area (Å²) in [6.07, 6.45) is 2.71. The van der Waals surface area contributed by atoms with Gasteiger partial charge in [-0.3, -0.25) is 4.79 Å². The lowest BCUT2D eigenvalue weighted by Gasteiger charge is -2.31. The van der Waals surface area contributed by atoms with Gasteiger partial charge >= 0.3 is 0 Å². The normalized spacial score (nSPS) is 16.8. The summed E-state index contributed by atoms with van der Waals surface area (Å²) >= 11 is 0. The number of fused-ring (bicyclic) bond motifs is 1. The van der Waals surface area contributed by atoms with Gasteiger partial charge in [0.25, 0.3) is 0 Å². The number of carbonyl (C=O) groups excluding carboxylic acids is 1. The van der Waals surface area contributed by atoms with Gasteiger partial charge in [-0.25, -0.2) is 4.39 Å². The largest absolute Gasteiger partial charge is 0.356 e. The number of nitrogens with zero attached hydrogens (tertiary/aromatic N) is 2. The molecule has 1 aromatic heterocycles. The molecule has 2 aromatic rings. The van der Waals surface area contributed by atoms with Gasteiger partial charge in [-0.05, 0) is 57.0 Å². The number of likely N-dealkylation sites (tertiary alicyclic amines) is 1. The molecule has 1 fully saturated rings. The monoisotopic (exact) mass is 316 g/mol. The molecule has 2 heterocycles. The summed E-state index contributed by atoms with van der Waals surface area (Å²) in [4.78, 5) is 13.6. The smallest absolute Gasteiger partial charge is 0.170 e. The van der Waals surface area contributed by atoms with Gasteiger partial charge in [-0.15, -0.1) is 0 Å². The fourth-order valence-electron chi connectivity index (χ4n) is 3.12. The van der Waals surface area contributed by atoms with Crippen LogP contribution in [0.4, 0.5) is 4.39 Å². The molecule has 0 spiro atoms. The maximum atomic E-state index is 13.2. The Morgan fingerprint density at radius 3 is 2.87 bits per heavy atom. The third-order valence-corrected chi connectivity index (χ3v) is 4.66. The van der Waals surface area contributed by atoms with Crippen molar-refractivity contribution in [1.82, 2.24) is 10.1 Å². The minimum Gasteiger partial charge on any atom is -0.356 e. The summed E-state index contributed by atoms with van der Waals surface area (Å²) in [5.74, 6) is 0.107. The summed E-state index contributed by atoms with van der Waals surface area (Å²) in [5.41, 5.74) is 2.14. The van der Waals surface area contributed by atoms with Crippen LogP contribution in [0, 0.1) is 5.82 Å². The SMILES string of the molecule is C=C(CCN1CCC(c2noc3cc(F)ccc23)CC1)C(C)=O. The molecular formula is C18H21FN2O2. The first-order valence-electron chi connectivity index (χ1n) is 8.00. The van der Waals surface area contributed by atoms with Crippen LogP contribution in [-0.4, -0.2) is 35.5 Å². The molecule has 0 aliphatic carbocycles. The van der Waals surface area contributed by atoms with Crippen molar-refractivity contribution < 1.29 is 13.7 Å². The van der Waals surface area contributed by atoms with E-state index in [0.29, 0.717) is 17.1 Å². The number of piperidine rings is 1. The third-order valence-electron chi connectivity index (χ3n) is 4.66. The number of carbonyl (C=O) groups is 1. The third kappa shape index (κ3) is 3.50. The van der Waals surface area contributed by atoms with E-state index in [1.165, 1.54) is 12.1 Å². The second-order valence-corrected chi connectivity index (χ2v) is 6.23. The zero-order chi connectivity index (χ0) is 16.4. The summed E-state index contributed by atoms with van der Waals surface area (Å²) in [6, 6.07) is 4.58. The van der Waals surface area contributed by atoms with E-state index in [0.717, 1.165) is 50.0 Å². The highest BCUT2D eigenvalue weighted by Gasteiger charge is 2.25. The molecule has 23 heavy (non-hydrogen) atoms. The predicted octanol–water partition coefficient (Wildman–Crippen LogP) is 3.68. The zero-order valence-electron chi connectivity index (χ0n) is 13.3. The highest BCUT2D eigenvalue weighted by Crippen LogP contribution is 2.32.